The SMILES string of the molecule is CC(C)[C@@H](C(=O)O)N(O)C=O. The van der Waals surface area contributed by atoms with Gasteiger partial charge in [0.25, 0.3) is 0 Å². The molecule has 0 aliphatic heterocycles. The Bertz CT molecular complexity index is 157. The van der Waals surface area contributed by atoms with Gasteiger partial charge in [0.15, 0.2) is 6.04 Å². The van der Waals surface area contributed by atoms with E-state index >= 15 is 0 Å². The molecule has 0 aromatic rings. The number of carboxylic acid groups (broad SMARTS) is 1. The highest BCUT2D eigenvalue weighted by Gasteiger charge is 2.26. The molecular weight excluding hydrogens is 150 g/mol. The summed E-state index contributed by atoms with van der Waals surface area (Å²) in [5.41, 5.74) is 0. The van der Waals surface area contributed by atoms with Crippen LogP contribution in [0.3, 0.4) is 0 Å². The predicted octanol–water partition coefficient (Wildman–Crippen LogP) is -0.0568. The van der Waals surface area contributed by atoms with E-state index in [1.165, 1.54) is 0 Å². The van der Waals surface area contributed by atoms with Crippen molar-refractivity contribution in [2.45, 2.75) is 19.9 Å². The summed E-state index contributed by atoms with van der Waals surface area (Å²) in [6, 6.07) is -1.16. The number of aliphatic carboxylic acids is 1. The number of rotatable bonds is 4. The minimum atomic E-state index is -1.21. The number of hydrogen-bond donors (Lipinski definition) is 2. The lowest BCUT2D eigenvalue weighted by molar-refractivity contribution is -0.179. The maximum atomic E-state index is 10.4. The van der Waals surface area contributed by atoms with Gasteiger partial charge >= 0.3 is 5.97 Å². The van der Waals surface area contributed by atoms with Crippen LogP contribution in [0.2, 0.25) is 0 Å². The lowest BCUT2D eigenvalue weighted by Gasteiger charge is -2.21. The van der Waals surface area contributed by atoms with Crippen molar-refractivity contribution in [3.05, 3.63) is 0 Å². The Morgan fingerprint density at radius 1 is 1.55 bits per heavy atom. The summed E-state index contributed by atoms with van der Waals surface area (Å²) < 4.78 is 0. The molecule has 0 aliphatic carbocycles. The van der Waals surface area contributed by atoms with Crippen molar-refractivity contribution in [1.29, 1.82) is 0 Å². The number of carbonyl (C=O) groups excluding carboxylic acids is 1. The molecule has 0 aromatic heterocycles. The first-order valence-corrected chi connectivity index (χ1v) is 3.16. The minimum Gasteiger partial charge on any atom is -0.480 e. The monoisotopic (exact) mass is 161 g/mol. The highest BCUT2D eigenvalue weighted by atomic mass is 16.5. The Morgan fingerprint density at radius 2 is 2.00 bits per heavy atom. The average molecular weight is 161 g/mol. The number of hydroxylamine groups is 2. The molecule has 64 valence electrons. The van der Waals surface area contributed by atoms with Crippen molar-refractivity contribution in [1.82, 2.24) is 5.06 Å². The minimum absolute atomic E-state index is 0.0821. The molecule has 0 bridgehead atoms. The third-order valence-corrected chi connectivity index (χ3v) is 1.28. The fourth-order valence-electron chi connectivity index (χ4n) is 0.769. The van der Waals surface area contributed by atoms with Gasteiger partial charge in [0.2, 0.25) is 6.41 Å². The maximum absolute atomic E-state index is 10.4. The van der Waals surface area contributed by atoms with Crippen LogP contribution < -0.4 is 0 Å². The number of hydrogen-bond acceptors (Lipinski definition) is 3. The van der Waals surface area contributed by atoms with E-state index in [9.17, 15) is 9.59 Å². The molecule has 0 saturated carbocycles. The third-order valence-electron chi connectivity index (χ3n) is 1.28. The van der Waals surface area contributed by atoms with Gasteiger partial charge in [-0.05, 0) is 5.92 Å². The topological polar surface area (TPSA) is 77.8 Å². The second-order valence-corrected chi connectivity index (χ2v) is 2.51. The molecule has 5 heteroatoms. The van der Waals surface area contributed by atoms with Crippen molar-refractivity contribution in [3.63, 3.8) is 0 Å². The van der Waals surface area contributed by atoms with Gasteiger partial charge in [-0.1, -0.05) is 13.8 Å². The summed E-state index contributed by atoms with van der Waals surface area (Å²) in [7, 11) is 0. The molecule has 0 fully saturated rings. The molecule has 5 nitrogen and oxygen atoms in total. The smallest absolute Gasteiger partial charge is 0.329 e. The van der Waals surface area contributed by atoms with E-state index in [-0.39, 0.29) is 17.4 Å². The fourth-order valence-corrected chi connectivity index (χ4v) is 0.769. The van der Waals surface area contributed by atoms with Crippen LogP contribution in [0.4, 0.5) is 0 Å². The second-order valence-electron chi connectivity index (χ2n) is 2.51. The quantitative estimate of drug-likeness (QED) is 0.344. The maximum Gasteiger partial charge on any atom is 0.329 e. The Kier molecular flexibility index (Phi) is 3.53. The zero-order valence-electron chi connectivity index (χ0n) is 6.39. The molecule has 0 saturated heterocycles. The zero-order valence-corrected chi connectivity index (χ0v) is 6.39. The summed E-state index contributed by atoms with van der Waals surface area (Å²) in [6.45, 7) is 3.21. The first-order chi connectivity index (χ1) is 5.00. The largest absolute Gasteiger partial charge is 0.480 e. The van der Waals surface area contributed by atoms with E-state index in [4.69, 9.17) is 10.3 Å². The van der Waals surface area contributed by atoms with E-state index in [1.54, 1.807) is 13.8 Å². The predicted molar refractivity (Wildman–Crippen MR) is 36.0 cm³/mol. The third kappa shape index (κ3) is 2.55. The first-order valence-electron chi connectivity index (χ1n) is 3.16. The number of carboxylic acids is 1. The van der Waals surface area contributed by atoms with E-state index in [0.717, 1.165) is 0 Å². The number of amides is 1. The standard InChI is InChI=1S/C6H11NO4/c1-4(2)5(6(9)10)7(11)3-8/h3-5,11H,1-2H3,(H,9,10)/t5-/m0/s1. The molecule has 0 aromatic carbocycles. The van der Waals surface area contributed by atoms with Gasteiger partial charge < -0.3 is 5.11 Å². The highest BCUT2D eigenvalue weighted by Crippen LogP contribution is 2.06. The highest BCUT2D eigenvalue weighted by molar-refractivity contribution is 5.75. The molecule has 0 unspecified atom stereocenters. The van der Waals surface area contributed by atoms with E-state index in [2.05, 4.69) is 0 Å². The van der Waals surface area contributed by atoms with E-state index in [1.807, 2.05) is 0 Å². The lowest BCUT2D eigenvalue weighted by Crippen LogP contribution is -2.41. The Morgan fingerprint density at radius 3 is 2.09 bits per heavy atom. The summed E-state index contributed by atoms with van der Waals surface area (Å²) in [4.78, 5) is 20.3. The summed E-state index contributed by atoms with van der Waals surface area (Å²) >= 11 is 0. The van der Waals surface area contributed by atoms with Crippen LogP contribution in [0.25, 0.3) is 0 Å². The van der Waals surface area contributed by atoms with Crippen LogP contribution in [-0.2, 0) is 9.59 Å². The van der Waals surface area contributed by atoms with Crippen LogP contribution in [0.15, 0.2) is 0 Å². The van der Waals surface area contributed by atoms with Crippen molar-refractivity contribution < 1.29 is 19.9 Å². The summed E-state index contributed by atoms with van der Waals surface area (Å²) in [5, 5.41) is 17.4. The van der Waals surface area contributed by atoms with E-state index in [0.29, 0.717) is 0 Å². The Labute approximate surface area is 64.2 Å². The number of carbonyl (C=O) groups is 2. The van der Waals surface area contributed by atoms with Crippen molar-refractivity contribution in [2.75, 3.05) is 0 Å². The lowest BCUT2D eigenvalue weighted by atomic mass is 10.1. The normalized spacial score (nSPS) is 12.7. The molecule has 0 radical (unpaired) electrons. The van der Waals surface area contributed by atoms with Crippen LogP contribution in [-0.4, -0.2) is 33.8 Å². The molecule has 1 atom stereocenters. The van der Waals surface area contributed by atoms with Gasteiger partial charge in [0.05, 0.1) is 0 Å². The second kappa shape index (κ2) is 3.92. The molecule has 0 heterocycles. The van der Waals surface area contributed by atoms with Gasteiger partial charge in [0, 0.05) is 0 Å². The van der Waals surface area contributed by atoms with Gasteiger partial charge in [-0.15, -0.1) is 0 Å². The zero-order chi connectivity index (χ0) is 9.02. The van der Waals surface area contributed by atoms with Crippen LogP contribution in [0, 0.1) is 5.92 Å². The molecular formula is C6H11NO4. The van der Waals surface area contributed by atoms with Gasteiger partial charge in [-0.3, -0.25) is 10.0 Å². The molecule has 0 spiro atoms. The Hall–Kier alpha value is -1.10. The van der Waals surface area contributed by atoms with Crippen molar-refractivity contribution in [2.24, 2.45) is 5.92 Å². The molecule has 0 rings (SSSR count). The number of nitrogens with zero attached hydrogens (tertiary/aromatic N) is 1. The van der Waals surface area contributed by atoms with Crippen LogP contribution in [0.1, 0.15) is 13.8 Å². The molecule has 1 amide bonds. The van der Waals surface area contributed by atoms with Crippen LogP contribution >= 0.6 is 0 Å². The van der Waals surface area contributed by atoms with Crippen LogP contribution in [0.5, 0.6) is 0 Å². The fraction of sp³-hybridized carbons (Fsp3) is 0.667. The Balaban J connectivity index is 4.33. The van der Waals surface area contributed by atoms with E-state index < -0.39 is 12.0 Å². The summed E-state index contributed by atoms with van der Waals surface area (Å²) in [6.07, 6.45) is 0.0821. The van der Waals surface area contributed by atoms with Gasteiger partial charge in [0.1, 0.15) is 0 Å². The molecule has 0 aliphatic rings. The molecule has 2 N–H and O–H groups in total. The summed E-state index contributed by atoms with van der Waals surface area (Å²) in [5.74, 6) is -1.53. The van der Waals surface area contributed by atoms with Crippen molar-refractivity contribution in [3.8, 4) is 0 Å². The first kappa shape index (κ1) is 9.90. The van der Waals surface area contributed by atoms with Gasteiger partial charge in [-0.2, -0.15) is 0 Å². The van der Waals surface area contributed by atoms with Gasteiger partial charge in [-0.25, -0.2) is 9.86 Å². The van der Waals surface area contributed by atoms with Crippen molar-refractivity contribution >= 4 is 12.4 Å². The average Bonchev–Trinajstić information content (AvgIpc) is 1.85. The molecule has 11 heavy (non-hydrogen) atoms.